The van der Waals surface area contributed by atoms with E-state index in [0.717, 1.165) is 12.0 Å². The van der Waals surface area contributed by atoms with Crippen molar-refractivity contribution in [2.45, 2.75) is 33.1 Å². The van der Waals surface area contributed by atoms with Crippen molar-refractivity contribution in [1.82, 2.24) is 4.57 Å². The number of hydrogen-bond acceptors (Lipinski definition) is 3. The first-order chi connectivity index (χ1) is 14.3. The molecule has 2 aromatic carbocycles. The molecular formula is C24H23ClFNO3. The summed E-state index contributed by atoms with van der Waals surface area (Å²) in [6.07, 6.45) is 4.23. The van der Waals surface area contributed by atoms with Gasteiger partial charge >= 0.3 is 5.97 Å². The topological polar surface area (TPSA) is 40.5 Å². The van der Waals surface area contributed by atoms with Crippen LogP contribution in [0, 0.1) is 17.2 Å². The Labute approximate surface area is 180 Å². The molecule has 1 saturated carbocycles. The van der Waals surface area contributed by atoms with Crippen LogP contribution in [0.5, 0.6) is 5.75 Å². The van der Waals surface area contributed by atoms with E-state index in [1.54, 1.807) is 6.07 Å². The second-order valence-corrected chi connectivity index (χ2v) is 8.64. The predicted molar refractivity (Wildman–Crippen MR) is 113 cm³/mol. The van der Waals surface area contributed by atoms with E-state index in [1.807, 2.05) is 55.1 Å². The maximum Gasteiger partial charge on any atom is 0.315 e. The summed E-state index contributed by atoms with van der Waals surface area (Å²) in [6, 6.07) is 16.4. The number of esters is 1. The monoisotopic (exact) mass is 427 g/mol. The van der Waals surface area contributed by atoms with Gasteiger partial charge in [-0.25, -0.2) is 4.39 Å². The van der Waals surface area contributed by atoms with Crippen molar-refractivity contribution in [3.63, 3.8) is 0 Å². The first kappa shape index (κ1) is 20.5. The van der Waals surface area contributed by atoms with E-state index in [1.165, 1.54) is 17.7 Å². The van der Waals surface area contributed by atoms with Gasteiger partial charge in [0.05, 0.1) is 0 Å². The third-order valence-corrected chi connectivity index (χ3v) is 5.78. The van der Waals surface area contributed by atoms with E-state index in [4.69, 9.17) is 21.1 Å². The molecule has 0 radical (unpaired) electrons. The summed E-state index contributed by atoms with van der Waals surface area (Å²) < 4.78 is 27.1. The summed E-state index contributed by atoms with van der Waals surface area (Å²) in [5.41, 5.74) is 1.93. The van der Waals surface area contributed by atoms with Crippen LogP contribution >= 0.6 is 11.6 Å². The summed E-state index contributed by atoms with van der Waals surface area (Å²) in [4.78, 5) is 12.6. The van der Waals surface area contributed by atoms with Gasteiger partial charge in [0.2, 0.25) is 0 Å². The van der Waals surface area contributed by atoms with E-state index < -0.39 is 23.3 Å². The van der Waals surface area contributed by atoms with Gasteiger partial charge in [-0.05, 0) is 41.8 Å². The second-order valence-electron chi connectivity index (χ2n) is 8.20. The number of nitrogens with zero attached hydrogens (tertiary/aromatic N) is 1. The molecule has 0 amide bonds. The first-order valence-electron chi connectivity index (χ1n) is 9.81. The van der Waals surface area contributed by atoms with Gasteiger partial charge in [-0.3, -0.25) is 4.79 Å². The zero-order chi connectivity index (χ0) is 21.3. The lowest BCUT2D eigenvalue weighted by Gasteiger charge is -2.08. The van der Waals surface area contributed by atoms with Gasteiger partial charge in [-0.15, -0.1) is 0 Å². The van der Waals surface area contributed by atoms with Crippen LogP contribution < -0.4 is 4.74 Å². The third kappa shape index (κ3) is 4.36. The van der Waals surface area contributed by atoms with Crippen molar-refractivity contribution in [3.8, 4) is 5.75 Å². The molecule has 2 atom stereocenters. The quantitative estimate of drug-likeness (QED) is 0.469. The largest absolute Gasteiger partial charge is 0.486 e. The Balaban J connectivity index is 1.33. The molecule has 1 aliphatic rings. The van der Waals surface area contributed by atoms with Crippen molar-refractivity contribution < 1.29 is 18.7 Å². The highest BCUT2D eigenvalue weighted by atomic mass is 35.5. The fraction of sp³-hybridized carbons (Fsp3) is 0.292. The lowest BCUT2D eigenvalue weighted by atomic mass is 10.1. The molecule has 4 nitrogen and oxygen atoms in total. The molecule has 6 heteroatoms. The van der Waals surface area contributed by atoms with Crippen LogP contribution in [0.15, 0.2) is 67.0 Å². The molecule has 0 saturated heterocycles. The molecule has 0 spiro atoms. The van der Waals surface area contributed by atoms with Crippen LogP contribution in [0.4, 0.5) is 4.39 Å². The third-order valence-electron chi connectivity index (χ3n) is 5.55. The number of ether oxygens (including phenoxy) is 2. The smallest absolute Gasteiger partial charge is 0.315 e. The fourth-order valence-corrected chi connectivity index (χ4v) is 3.84. The summed E-state index contributed by atoms with van der Waals surface area (Å²) in [7, 11) is 0. The van der Waals surface area contributed by atoms with Crippen LogP contribution in [0.1, 0.15) is 25.0 Å². The average molecular weight is 428 g/mol. The Bertz CT molecular complexity index is 1050. The van der Waals surface area contributed by atoms with Gasteiger partial charge in [0, 0.05) is 22.8 Å². The van der Waals surface area contributed by atoms with Crippen LogP contribution in [-0.2, 0) is 22.7 Å². The maximum absolute atomic E-state index is 14.0. The van der Waals surface area contributed by atoms with Gasteiger partial charge in [-0.1, -0.05) is 55.8 Å². The molecule has 1 aromatic heterocycles. The summed E-state index contributed by atoms with van der Waals surface area (Å²) in [6.45, 7) is 3.94. The van der Waals surface area contributed by atoms with Crippen molar-refractivity contribution in [1.29, 1.82) is 0 Å². The zero-order valence-corrected chi connectivity index (χ0v) is 17.6. The minimum absolute atomic E-state index is 0.0868. The molecule has 0 N–H and O–H groups in total. The average Bonchev–Trinajstić information content (AvgIpc) is 3.02. The molecule has 1 heterocycles. The van der Waals surface area contributed by atoms with Crippen molar-refractivity contribution in [2.24, 2.45) is 11.3 Å². The van der Waals surface area contributed by atoms with E-state index in [2.05, 4.69) is 12.1 Å². The minimum Gasteiger partial charge on any atom is -0.486 e. The predicted octanol–water partition coefficient (Wildman–Crippen LogP) is 5.48. The maximum atomic E-state index is 14.0. The highest BCUT2D eigenvalue weighted by molar-refractivity contribution is 6.30. The Morgan fingerprint density at radius 3 is 2.63 bits per heavy atom. The number of carbonyl (C=O) groups is 1. The highest BCUT2D eigenvalue weighted by Crippen LogP contribution is 2.54. The Morgan fingerprint density at radius 1 is 1.13 bits per heavy atom. The number of halogens is 2. The zero-order valence-electron chi connectivity index (χ0n) is 16.8. The lowest BCUT2D eigenvalue weighted by Crippen LogP contribution is -2.14. The number of benzene rings is 2. The van der Waals surface area contributed by atoms with Gasteiger partial charge in [-0.2, -0.15) is 0 Å². The number of rotatable bonds is 7. The summed E-state index contributed by atoms with van der Waals surface area (Å²) >= 11 is 5.78. The fourth-order valence-electron chi connectivity index (χ4n) is 3.68. The SMILES string of the molecule is CC1(C)C(Oc2ccc(Cl)cc2F)C1C(=O)OCn1ccc(Cc2ccccc2)c1. The van der Waals surface area contributed by atoms with Crippen LogP contribution in [0.2, 0.25) is 5.02 Å². The van der Waals surface area contributed by atoms with Crippen molar-refractivity contribution in [3.05, 3.63) is 89.0 Å². The summed E-state index contributed by atoms with van der Waals surface area (Å²) in [5, 5.41) is 0.296. The molecular weight excluding hydrogens is 405 g/mol. The standard InChI is InChI=1S/C24H23ClFNO3/c1-24(2)21(22(24)30-20-9-8-18(25)13-19(20)26)23(28)29-15-27-11-10-17(14-27)12-16-6-4-3-5-7-16/h3-11,13-14,21-22H,12,15H2,1-2H3. The molecule has 1 fully saturated rings. The van der Waals surface area contributed by atoms with Gasteiger partial charge in [0.25, 0.3) is 0 Å². The number of aromatic nitrogens is 1. The highest BCUT2D eigenvalue weighted by Gasteiger charge is 2.65. The summed E-state index contributed by atoms with van der Waals surface area (Å²) in [5.74, 6) is -1.26. The molecule has 156 valence electrons. The lowest BCUT2D eigenvalue weighted by molar-refractivity contribution is -0.150. The Hall–Kier alpha value is -2.79. The number of carbonyl (C=O) groups excluding carboxylic acids is 1. The Kier molecular flexibility index (Phi) is 5.56. The van der Waals surface area contributed by atoms with Crippen LogP contribution in [-0.4, -0.2) is 16.6 Å². The normalized spacial score (nSPS) is 19.3. The van der Waals surface area contributed by atoms with Crippen LogP contribution in [0.3, 0.4) is 0 Å². The van der Waals surface area contributed by atoms with E-state index >= 15 is 0 Å². The van der Waals surface area contributed by atoms with Crippen LogP contribution in [0.25, 0.3) is 0 Å². The molecule has 1 aliphatic carbocycles. The van der Waals surface area contributed by atoms with Gasteiger partial charge in [0.15, 0.2) is 18.3 Å². The van der Waals surface area contributed by atoms with Gasteiger partial charge < -0.3 is 14.0 Å². The molecule has 0 aliphatic heterocycles. The molecule has 30 heavy (non-hydrogen) atoms. The molecule has 4 rings (SSSR count). The second kappa shape index (κ2) is 8.15. The molecule has 3 aromatic rings. The van der Waals surface area contributed by atoms with E-state index in [9.17, 15) is 9.18 Å². The van der Waals surface area contributed by atoms with E-state index in [-0.39, 0.29) is 18.4 Å². The minimum atomic E-state index is -0.546. The van der Waals surface area contributed by atoms with Crippen molar-refractivity contribution in [2.75, 3.05) is 0 Å². The molecule has 0 bridgehead atoms. The van der Waals surface area contributed by atoms with Gasteiger partial charge in [0.1, 0.15) is 12.0 Å². The number of hydrogen-bond donors (Lipinski definition) is 0. The van der Waals surface area contributed by atoms with Crippen molar-refractivity contribution >= 4 is 17.6 Å². The first-order valence-corrected chi connectivity index (χ1v) is 10.2. The van der Waals surface area contributed by atoms with E-state index in [0.29, 0.717) is 5.02 Å². The Morgan fingerprint density at radius 2 is 1.90 bits per heavy atom. The molecule has 2 unspecified atom stereocenters.